The van der Waals surface area contributed by atoms with E-state index in [2.05, 4.69) is 32.2 Å². The van der Waals surface area contributed by atoms with Gasteiger partial charge in [-0.15, -0.1) is 10.2 Å². The lowest BCUT2D eigenvalue weighted by molar-refractivity contribution is -0.117. The van der Waals surface area contributed by atoms with Crippen LogP contribution in [0.15, 0.2) is 54.6 Å². The van der Waals surface area contributed by atoms with E-state index in [0.717, 1.165) is 48.8 Å². The quantitative estimate of drug-likeness (QED) is 0.698. The van der Waals surface area contributed by atoms with Gasteiger partial charge in [0.25, 0.3) is 0 Å². The van der Waals surface area contributed by atoms with Crippen LogP contribution in [0.3, 0.4) is 0 Å². The monoisotopic (exact) mass is 389 g/mol. The van der Waals surface area contributed by atoms with Crippen LogP contribution in [0.4, 0.5) is 5.69 Å². The largest absolute Gasteiger partial charge is 0.325 e. The van der Waals surface area contributed by atoms with E-state index in [1.165, 1.54) is 18.4 Å². The van der Waals surface area contributed by atoms with Crippen LogP contribution < -0.4 is 5.32 Å². The molecule has 2 aromatic carbocycles. The van der Waals surface area contributed by atoms with Crippen molar-refractivity contribution in [3.05, 3.63) is 66.0 Å². The first-order valence-electron chi connectivity index (χ1n) is 10.2. The van der Waals surface area contributed by atoms with Crippen molar-refractivity contribution in [1.29, 1.82) is 0 Å². The van der Waals surface area contributed by atoms with E-state index in [1.54, 1.807) is 0 Å². The minimum Gasteiger partial charge on any atom is -0.325 e. The van der Waals surface area contributed by atoms with E-state index in [1.807, 2.05) is 54.4 Å². The second-order valence-electron chi connectivity index (χ2n) is 7.69. The van der Waals surface area contributed by atoms with Crippen molar-refractivity contribution in [2.75, 3.05) is 18.9 Å². The van der Waals surface area contributed by atoms with Crippen molar-refractivity contribution in [2.45, 2.75) is 38.8 Å². The molecule has 0 spiro atoms. The zero-order chi connectivity index (χ0) is 20.1. The summed E-state index contributed by atoms with van der Waals surface area (Å²) < 4.78 is 2.22. The van der Waals surface area contributed by atoms with E-state index in [-0.39, 0.29) is 5.91 Å². The van der Waals surface area contributed by atoms with Gasteiger partial charge in [0.1, 0.15) is 5.82 Å². The number of carbonyl (C=O) groups excluding carboxylic acids is 1. The molecule has 6 nitrogen and oxygen atoms in total. The van der Waals surface area contributed by atoms with Gasteiger partial charge in [-0.25, -0.2) is 0 Å². The summed E-state index contributed by atoms with van der Waals surface area (Å²) in [6.07, 6.45) is 4.54. The summed E-state index contributed by atoms with van der Waals surface area (Å²) >= 11 is 0. The fourth-order valence-corrected chi connectivity index (χ4v) is 3.83. The number of amides is 1. The molecule has 1 N–H and O–H groups in total. The highest BCUT2D eigenvalue weighted by atomic mass is 16.2. The average molecular weight is 390 g/mol. The highest BCUT2D eigenvalue weighted by Gasteiger charge is 2.16. The Hall–Kier alpha value is -2.99. The third-order valence-electron chi connectivity index (χ3n) is 5.22. The van der Waals surface area contributed by atoms with Crippen molar-refractivity contribution in [3.63, 3.8) is 0 Å². The predicted molar refractivity (Wildman–Crippen MR) is 114 cm³/mol. The summed E-state index contributed by atoms with van der Waals surface area (Å²) in [5.41, 5.74) is 2.96. The molecule has 1 aromatic heterocycles. The first-order chi connectivity index (χ1) is 14.2. The molecule has 29 heavy (non-hydrogen) atoms. The number of aromatic nitrogens is 3. The third kappa shape index (κ3) is 4.90. The molecule has 0 unspecified atom stereocenters. The maximum atomic E-state index is 12.5. The molecule has 0 bridgehead atoms. The predicted octanol–water partition coefficient (Wildman–Crippen LogP) is 3.74. The minimum absolute atomic E-state index is 0.0272. The van der Waals surface area contributed by atoms with Gasteiger partial charge in [0.15, 0.2) is 5.82 Å². The number of anilines is 1. The molecule has 6 heteroatoms. The molecule has 0 aliphatic carbocycles. The molecule has 3 aromatic rings. The normalized spacial score (nSPS) is 13.7. The number of nitrogens with zero attached hydrogens (tertiary/aromatic N) is 4. The molecule has 0 saturated carbocycles. The fraction of sp³-hybridized carbons (Fsp3) is 0.348. The number of likely N-dealkylation sites (N-methyl/N-ethyl adjacent to an activating group) is 1. The Morgan fingerprint density at radius 3 is 2.79 bits per heavy atom. The van der Waals surface area contributed by atoms with Gasteiger partial charge in [-0.05, 0) is 37.6 Å². The number of benzene rings is 2. The molecule has 1 aliphatic heterocycles. The lowest BCUT2D eigenvalue weighted by Crippen LogP contribution is -2.29. The molecule has 0 atom stereocenters. The second kappa shape index (κ2) is 9.01. The molecule has 150 valence electrons. The smallest absolute Gasteiger partial charge is 0.238 e. The number of rotatable bonds is 6. The number of fused-ring (bicyclic) bond motifs is 1. The van der Waals surface area contributed by atoms with Gasteiger partial charge in [-0.2, -0.15) is 0 Å². The molecule has 0 radical (unpaired) electrons. The van der Waals surface area contributed by atoms with Gasteiger partial charge in [0.05, 0.1) is 6.54 Å². The molecule has 0 saturated heterocycles. The first-order valence-corrected chi connectivity index (χ1v) is 10.2. The van der Waals surface area contributed by atoms with Crippen LogP contribution in [-0.4, -0.2) is 39.2 Å². The topological polar surface area (TPSA) is 63.1 Å². The molecular weight excluding hydrogens is 362 g/mol. The number of aryl methyl sites for hydroxylation is 1. The summed E-state index contributed by atoms with van der Waals surface area (Å²) in [4.78, 5) is 14.5. The van der Waals surface area contributed by atoms with Gasteiger partial charge in [0.2, 0.25) is 5.91 Å². The van der Waals surface area contributed by atoms with Crippen molar-refractivity contribution >= 4 is 11.6 Å². The lowest BCUT2D eigenvalue weighted by atomic mass is 10.2. The Morgan fingerprint density at radius 1 is 1.07 bits per heavy atom. The fourth-order valence-electron chi connectivity index (χ4n) is 3.83. The van der Waals surface area contributed by atoms with Gasteiger partial charge >= 0.3 is 0 Å². The highest BCUT2D eigenvalue weighted by molar-refractivity contribution is 5.92. The molecule has 1 aliphatic rings. The van der Waals surface area contributed by atoms with Crippen molar-refractivity contribution in [2.24, 2.45) is 0 Å². The minimum atomic E-state index is -0.0272. The standard InChI is InChI=1S/C23H27N5O/c1-27(16-18-9-4-2-5-10-18)17-22(29)24-20-12-8-11-19(15-20)23-26-25-21-13-6-3-7-14-28(21)23/h2,4-5,8-12,15H,3,6-7,13-14,16-17H2,1H3,(H,24,29). The Morgan fingerprint density at radius 2 is 1.93 bits per heavy atom. The number of carbonyl (C=O) groups is 1. The summed E-state index contributed by atoms with van der Waals surface area (Å²) in [7, 11) is 1.95. The Labute approximate surface area is 171 Å². The third-order valence-corrected chi connectivity index (χ3v) is 5.22. The van der Waals surface area contributed by atoms with Crippen molar-refractivity contribution < 1.29 is 4.79 Å². The number of nitrogens with one attached hydrogen (secondary N) is 1. The van der Waals surface area contributed by atoms with Gasteiger partial charge in [-0.3, -0.25) is 9.69 Å². The average Bonchev–Trinajstić information content (AvgIpc) is 2.97. The molecule has 2 heterocycles. The first kappa shape index (κ1) is 19.3. The molecular formula is C23H27N5O. The van der Waals surface area contributed by atoms with E-state index in [0.29, 0.717) is 6.54 Å². The molecule has 1 amide bonds. The lowest BCUT2D eigenvalue weighted by Gasteiger charge is -2.16. The van der Waals surface area contributed by atoms with Crippen molar-refractivity contribution in [1.82, 2.24) is 19.7 Å². The van der Waals surface area contributed by atoms with Gasteiger partial charge < -0.3 is 9.88 Å². The van der Waals surface area contributed by atoms with Gasteiger partial charge in [0, 0.05) is 30.8 Å². The second-order valence-corrected chi connectivity index (χ2v) is 7.69. The highest BCUT2D eigenvalue weighted by Crippen LogP contribution is 2.24. The van der Waals surface area contributed by atoms with Crippen LogP contribution in [-0.2, 0) is 24.3 Å². The van der Waals surface area contributed by atoms with Crippen LogP contribution in [0.2, 0.25) is 0 Å². The summed E-state index contributed by atoms with van der Waals surface area (Å²) in [5.74, 6) is 1.93. The van der Waals surface area contributed by atoms with Crippen LogP contribution in [0.25, 0.3) is 11.4 Å². The summed E-state index contributed by atoms with van der Waals surface area (Å²) in [5, 5.41) is 11.8. The van der Waals surface area contributed by atoms with E-state index in [9.17, 15) is 4.79 Å². The van der Waals surface area contributed by atoms with Crippen LogP contribution >= 0.6 is 0 Å². The van der Waals surface area contributed by atoms with Crippen LogP contribution in [0, 0.1) is 0 Å². The van der Waals surface area contributed by atoms with E-state index >= 15 is 0 Å². The number of hydrogen-bond donors (Lipinski definition) is 1. The zero-order valence-electron chi connectivity index (χ0n) is 16.8. The van der Waals surface area contributed by atoms with E-state index < -0.39 is 0 Å². The van der Waals surface area contributed by atoms with E-state index in [4.69, 9.17) is 0 Å². The zero-order valence-corrected chi connectivity index (χ0v) is 16.8. The molecule has 4 rings (SSSR count). The SMILES string of the molecule is CN(CC(=O)Nc1cccc(-c2nnc3n2CCCCC3)c1)Cc1ccccc1. The Bertz CT molecular complexity index is 966. The maximum absolute atomic E-state index is 12.5. The Balaban J connectivity index is 1.41. The summed E-state index contributed by atoms with van der Waals surface area (Å²) in [6.45, 7) is 2.03. The number of hydrogen-bond acceptors (Lipinski definition) is 4. The van der Waals surface area contributed by atoms with Crippen molar-refractivity contribution in [3.8, 4) is 11.4 Å². The Kier molecular flexibility index (Phi) is 6.00. The van der Waals surface area contributed by atoms with Crippen LogP contribution in [0.5, 0.6) is 0 Å². The van der Waals surface area contributed by atoms with Gasteiger partial charge in [-0.1, -0.05) is 48.9 Å². The summed E-state index contributed by atoms with van der Waals surface area (Å²) in [6, 6.07) is 18.0. The maximum Gasteiger partial charge on any atom is 0.238 e. The van der Waals surface area contributed by atoms with Crippen LogP contribution in [0.1, 0.15) is 30.7 Å². The molecule has 0 fully saturated rings.